The topological polar surface area (TPSA) is 56.7 Å². The Kier molecular flexibility index (Phi) is 9.27. The van der Waals surface area contributed by atoms with Crippen LogP contribution in [0.3, 0.4) is 0 Å². The van der Waals surface area contributed by atoms with Crippen molar-refractivity contribution in [2.45, 2.75) is 39.2 Å². The number of nitrogens with zero attached hydrogens (tertiary/aromatic N) is 2. The molecule has 0 unspecified atom stereocenters. The molecule has 1 amide bonds. The number of amides is 1. The highest BCUT2D eigenvalue weighted by atomic mass is 16.1. The largest absolute Gasteiger partial charge is 0.352 e. The van der Waals surface area contributed by atoms with Crippen LogP contribution in [0.2, 0.25) is 0 Å². The van der Waals surface area contributed by atoms with E-state index in [1.807, 2.05) is 44.3 Å². The lowest BCUT2D eigenvalue weighted by Gasteiger charge is -2.22. The average molecular weight is 330 g/mol. The van der Waals surface area contributed by atoms with Gasteiger partial charge >= 0.3 is 0 Å². The Hall–Kier alpha value is -2.30. The second-order valence-electron chi connectivity index (χ2n) is 5.75. The molecule has 0 fully saturated rings. The molecule has 0 aromatic heterocycles. The zero-order valence-electron chi connectivity index (χ0n) is 15.1. The van der Waals surface area contributed by atoms with Crippen LogP contribution in [0.25, 0.3) is 0 Å². The predicted octanol–water partition coefficient (Wildman–Crippen LogP) is 3.40. The fourth-order valence-corrected chi connectivity index (χ4v) is 2.30. The summed E-state index contributed by atoms with van der Waals surface area (Å²) in [6, 6.07) is 7.89. The molecule has 1 aromatic carbocycles. The van der Waals surface area contributed by atoms with Gasteiger partial charge in [0.05, 0.1) is 0 Å². The van der Waals surface area contributed by atoms with Crippen LogP contribution in [-0.2, 0) is 11.3 Å². The average Bonchev–Trinajstić information content (AvgIpc) is 2.57. The minimum absolute atomic E-state index is 0.0601. The van der Waals surface area contributed by atoms with E-state index in [-0.39, 0.29) is 5.91 Å². The van der Waals surface area contributed by atoms with Crippen molar-refractivity contribution in [1.82, 2.24) is 10.2 Å². The molecule has 0 aliphatic carbocycles. The van der Waals surface area contributed by atoms with Crippen LogP contribution in [0.15, 0.2) is 41.9 Å². The van der Waals surface area contributed by atoms with E-state index in [4.69, 9.17) is 0 Å². The molecule has 0 aliphatic heterocycles. The van der Waals surface area contributed by atoms with E-state index in [1.165, 1.54) is 0 Å². The van der Waals surface area contributed by atoms with Gasteiger partial charge in [0, 0.05) is 39.3 Å². The molecule has 1 aromatic rings. The number of carbonyl (C=O) groups excluding carboxylic acids is 1. The van der Waals surface area contributed by atoms with Crippen LogP contribution in [0.4, 0.5) is 5.69 Å². The molecule has 1 rings (SSSR count). The van der Waals surface area contributed by atoms with Gasteiger partial charge in [-0.1, -0.05) is 25.1 Å². The van der Waals surface area contributed by atoms with Crippen LogP contribution < -0.4 is 10.6 Å². The third-order valence-electron chi connectivity index (χ3n) is 3.64. The molecule has 0 heterocycles. The number of benzene rings is 1. The van der Waals surface area contributed by atoms with Gasteiger partial charge in [-0.3, -0.25) is 9.79 Å². The number of carbonyl (C=O) groups is 1. The Morgan fingerprint density at radius 2 is 2.04 bits per heavy atom. The van der Waals surface area contributed by atoms with Gasteiger partial charge < -0.3 is 15.5 Å². The number of rotatable bonds is 9. The fourth-order valence-electron chi connectivity index (χ4n) is 2.30. The van der Waals surface area contributed by atoms with Gasteiger partial charge in [-0.2, -0.15) is 0 Å². The first-order chi connectivity index (χ1) is 11.6. The van der Waals surface area contributed by atoms with Gasteiger partial charge in [-0.15, -0.1) is 6.58 Å². The van der Waals surface area contributed by atoms with Crippen molar-refractivity contribution in [2.75, 3.05) is 26.0 Å². The lowest BCUT2D eigenvalue weighted by Crippen LogP contribution is -2.38. The summed E-state index contributed by atoms with van der Waals surface area (Å²) in [6.07, 6.45) is 5.41. The summed E-state index contributed by atoms with van der Waals surface area (Å²) in [5.41, 5.74) is 1.98. The number of nitrogens with one attached hydrogen (secondary N) is 2. The predicted molar refractivity (Wildman–Crippen MR) is 102 cm³/mol. The fraction of sp³-hybridized carbons (Fsp3) is 0.474. The minimum atomic E-state index is 0.0601. The van der Waals surface area contributed by atoms with Crippen LogP contribution in [-0.4, -0.2) is 37.4 Å². The standard InChI is InChI=1S/C19H30N4O/c1-5-7-8-14-23(4)19(20-3)21-15-16-10-12-17(13-11-16)22-18(24)9-6-2/h5,10-13H,1,6-9,14-15H2,2-4H3,(H,20,21)(H,22,24). The SMILES string of the molecule is C=CCCCN(C)C(=NC)NCc1ccc(NC(=O)CCC)cc1. The summed E-state index contributed by atoms with van der Waals surface area (Å²) in [5.74, 6) is 0.935. The van der Waals surface area contributed by atoms with Gasteiger partial charge in [0.2, 0.25) is 5.91 Å². The van der Waals surface area contributed by atoms with Crippen molar-refractivity contribution in [1.29, 1.82) is 0 Å². The molecule has 2 N–H and O–H groups in total. The highest BCUT2D eigenvalue weighted by Gasteiger charge is 2.05. The van der Waals surface area contributed by atoms with E-state index in [0.29, 0.717) is 13.0 Å². The van der Waals surface area contributed by atoms with Gasteiger partial charge in [-0.05, 0) is 37.0 Å². The smallest absolute Gasteiger partial charge is 0.224 e. The lowest BCUT2D eigenvalue weighted by atomic mass is 10.2. The maximum absolute atomic E-state index is 11.6. The van der Waals surface area contributed by atoms with Gasteiger partial charge in [0.25, 0.3) is 0 Å². The summed E-state index contributed by atoms with van der Waals surface area (Å²) in [5, 5.41) is 6.25. The van der Waals surface area contributed by atoms with E-state index in [9.17, 15) is 4.79 Å². The molecule has 0 bridgehead atoms. The second kappa shape index (κ2) is 11.3. The number of hydrogen-bond donors (Lipinski definition) is 2. The maximum atomic E-state index is 11.6. The highest BCUT2D eigenvalue weighted by molar-refractivity contribution is 5.90. The molecule has 24 heavy (non-hydrogen) atoms. The van der Waals surface area contributed by atoms with Gasteiger partial charge in [0.15, 0.2) is 5.96 Å². The number of allylic oxidation sites excluding steroid dienone is 1. The van der Waals surface area contributed by atoms with Crippen molar-refractivity contribution in [3.63, 3.8) is 0 Å². The van der Waals surface area contributed by atoms with Crippen molar-refractivity contribution < 1.29 is 4.79 Å². The monoisotopic (exact) mass is 330 g/mol. The van der Waals surface area contributed by atoms with E-state index >= 15 is 0 Å². The molecule has 0 atom stereocenters. The van der Waals surface area contributed by atoms with Gasteiger partial charge in [-0.25, -0.2) is 0 Å². The molecule has 5 nitrogen and oxygen atoms in total. The quantitative estimate of drug-likeness (QED) is 0.316. The van der Waals surface area contributed by atoms with Gasteiger partial charge in [0.1, 0.15) is 0 Å². The Bertz CT molecular complexity index is 537. The number of guanidine groups is 1. The normalized spacial score (nSPS) is 11.0. The van der Waals surface area contributed by atoms with Crippen molar-refractivity contribution in [3.8, 4) is 0 Å². The Morgan fingerprint density at radius 3 is 2.62 bits per heavy atom. The Morgan fingerprint density at radius 1 is 1.33 bits per heavy atom. The number of anilines is 1. The lowest BCUT2D eigenvalue weighted by molar-refractivity contribution is -0.116. The highest BCUT2D eigenvalue weighted by Crippen LogP contribution is 2.10. The number of hydrogen-bond acceptors (Lipinski definition) is 2. The summed E-state index contributed by atoms with van der Waals surface area (Å²) < 4.78 is 0. The minimum Gasteiger partial charge on any atom is -0.352 e. The third-order valence-corrected chi connectivity index (χ3v) is 3.64. The maximum Gasteiger partial charge on any atom is 0.224 e. The molecule has 132 valence electrons. The van der Waals surface area contributed by atoms with E-state index in [0.717, 1.165) is 43.0 Å². The molecule has 5 heteroatoms. The molecular formula is C19H30N4O. The number of unbranched alkanes of at least 4 members (excludes halogenated alkanes) is 1. The second-order valence-corrected chi connectivity index (χ2v) is 5.75. The summed E-state index contributed by atoms with van der Waals surface area (Å²) in [4.78, 5) is 18.0. The molecule has 0 spiro atoms. The first-order valence-corrected chi connectivity index (χ1v) is 8.52. The van der Waals surface area contributed by atoms with E-state index < -0.39 is 0 Å². The van der Waals surface area contributed by atoms with Crippen molar-refractivity contribution in [3.05, 3.63) is 42.5 Å². The molecule has 0 saturated carbocycles. The Labute approximate surface area is 145 Å². The van der Waals surface area contributed by atoms with Crippen molar-refractivity contribution in [2.24, 2.45) is 4.99 Å². The molecule has 0 saturated heterocycles. The molecular weight excluding hydrogens is 300 g/mol. The zero-order chi connectivity index (χ0) is 17.8. The Balaban J connectivity index is 2.48. The first-order valence-electron chi connectivity index (χ1n) is 8.52. The first kappa shape index (κ1) is 19.7. The zero-order valence-corrected chi connectivity index (χ0v) is 15.1. The summed E-state index contributed by atoms with van der Waals surface area (Å²) in [7, 11) is 3.82. The van der Waals surface area contributed by atoms with Crippen LogP contribution in [0, 0.1) is 0 Å². The van der Waals surface area contributed by atoms with E-state index in [2.05, 4.69) is 27.1 Å². The van der Waals surface area contributed by atoms with Crippen LogP contribution >= 0.6 is 0 Å². The summed E-state index contributed by atoms with van der Waals surface area (Å²) >= 11 is 0. The van der Waals surface area contributed by atoms with E-state index in [1.54, 1.807) is 7.05 Å². The number of aliphatic imine (C=N–C) groups is 1. The molecule has 0 aliphatic rings. The van der Waals surface area contributed by atoms with Crippen LogP contribution in [0.5, 0.6) is 0 Å². The summed E-state index contributed by atoms with van der Waals surface area (Å²) in [6.45, 7) is 7.37. The molecule has 0 radical (unpaired) electrons. The third kappa shape index (κ3) is 7.31. The van der Waals surface area contributed by atoms with Crippen molar-refractivity contribution >= 4 is 17.6 Å². The van der Waals surface area contributed by atoms with Crippen LogP contribution in [0.1, 0.15) is 38.2 Å².